The summed E-state index contributed by atoms with van der Waals surface area (Å²) in [5.74, 6) is 0.352. The monoisotopic (exact) mass is 269 g/mol. The molecule has 0 aliphatic carbocycles. The summed E-state index contributed by atoms with van der Waals surface area (Å²) in [4.78, 5) is 12.7. The van der Waals surface area contributed by atoms with Crippen molar-refractivity contribution in [2.24, 2.45) is 7.05 Å². The van der Waals surface area contributed by atoms with Gasteiger partial charge in [0, 0.05) is 19.6 Å². The van der Waals surface area contributed by atoms with Crippen molar-refractivity contribution >= 4 is 11.5 Å². The lowest BCUT2D eigenvalue weighted by Crippen LogP contribution is -2.27. The second-order valence-electron chi connectivity index (χ2n) is 5.00. The quantitative estimate of drug-likeness (QED) is 0.443. The number of hydrogen-bond donors (Lipinski definition) is 1. The molecule has 0 bridgehead atoms. The highest BCUT2D eigenvalue weighted by molar-refractivity contribution is 5.54. The van der Waals surface area contributed by atoms with E-state index in [9.17, 15) is 10.1 Å². The van der Waals surface area contributed by atoms with Crippen LogP contribution in [0.5, 0.6) is 0 Å². The lowest BCUT2D eigenvalue weighted by atomic mass is 10.2. The van der Waals surface area contributed by atoms with Crippen LogP contribution in [0.15, 0.2) is 6.20 Å². The fourth-order valence-electron chi connectivity index (χ4n) is 1.69. The molecule has 108 valence electrons. The highest BCUT2D eigenvalue weighted by atomic mass is 16.6. The Balaban J connectivity index is 2.32. The van der Waals surface area contributed by atoms with Gasteiger partial charge in [-0.1, -0.05) is 0 Å². The largest absolute Gasteiger partial charge is 0.363 e. The summed E-state index contributed by atoms with van der Waals surface area (Å²) in [7, 11) is 3.78. The van der Waals surface area contributed by atoms with Gasteiger partial charge in [-0.3, -0.25) is 14.8 Å². The van der Waals surface area contributed by atoms with E-state index in [1.54, 1.807) is 7.05 Å². The molecule has 1 heterocycles. The van der Waals surface area contributed by atoms with Crippen LogP contribution in [0.1, 0.15) is 26.7 Å². The Bertz CT molecular complexity index is 416. The van der Waals surface area contributed by atoms with Crippen molar-refractivity contribution in [2.45, 2.75) is 32.7 Å². The van der Waals surface area contributed by atoms with E-state index >= 15 is 0 Å². The number of nitrogens with one attached hydrogen (secondary N) is 1. The van der Waals surface area contributed by atoms with Gasteiger partial charge < -0.3 is 10.2 Å². The van der Waals surface area contributed by atoms with Gasteiger partial charge >= 0.3 is 5.69 Å². The summed E-state index contributed by atoms with van der Waals surface area (Å²) in [5, 5.41) is 17.9. The molecule has 0 aromatic carbocycles. The van der Waals surface area contributed by atoms with E-state index in [-0.39, 0.29) is 5.69 Å². The number of aryl methyl sites for hydroxylation is 1. The molecule has 1 rings (SSSR count). The second kappa shape index (κ2) is 7.08. The minimum atomic E-state index is -0.415. The van der Waals surface area contributed by atoms with E-state index in [1.807, 2.05) is 0 Å². The van der Waals surface area contributed by atoms with Gasteiger partial charge in [-0.2, -0.15) is 0 Å². The lowest BCUT2D eigenvalue weighted by Gasteiger charge is -2.20. The molecule has 0 aliphatic rings. The molecule has 0 unspecified atom stereocenters. The Morgan fingerprint density at radius 1 is 1.53 bits per heavy atom. The molecule has 0 saturated heterocycles. The molecule has 7 heteroatoms. The van der Waals surface area contributed by atoms with E-state index in [4.69, 9.17) is 0 Å². The van der Waals surface area contributed by atoms with Crippen LogP contribution in [0.25, 0.3) is 0 Å². The van der Waals surface area contributed by atoms with Gasteiger partial charge in [-0.15, -0.1) is 5.10 Å². The van der Waals surface area contributed by atoms with Crippen molar-refractivity contribution in [3.05, 3.63) is 16.3 Å². The van der Waals surface area contributed by atoms with Gasteiger partial charge in [0.25, 0.3) is 0 Å². The van der Waals surface area contributed by atoms with Crippen LogP contribution in [-0.4, -0.2) is 45.8 Å². The zero-order valence-electron chi connectivity index (χ0n) is 12.1. The van der Waals surface area contributed by atoms with Crippen LogP contribution in [0, 0.1) is 10.1 Å². The van der Waals surface area contributed by atoms with Crippen molar-refractivity contribution < 1.29 is 4.92 Å². The van der Waals surface area contributed by atoms with Crippen molar-refractivity contribution in [3.63, 3.8) is 0 Å². The lowest BCUT2D eigenvalue weighted by molar-refractivity contribution is -0.384. The normalized spacial score (nSPS) is 11.3. The number of nitrogens with zero attached hydrogens (tertiary/aromatic N) is 4. The maximum Gasteiger partial charge on any atom is 0.330 e. The van der Waals surface area contributed by atoms with E-state index in [2.05, 4.69) is 36.2 Å². The van der Waals surface area contributed by atoms with Gasteiger partial charge in [0.05, 0.1) is 4.92 Å². The second-order valence-corrected chi connectivity index (χ2v) is 5.00. The first kappa shape index (κ1) is 15.4. The fraction of sp³-hybridized carbons (Fsp3) is 0.750. The maximum absolute atomic E-state index is 10.8. The van der Waals surface area contributed by atoms with E-state index in [0.717, 1.165) is 19.4 Å². The molecular weight excluding hydrogens is 246 g/mol. The summed E-state index contributed by atoms with van der Waals surface area (Å²) < 4.78 is 1.45. The Labute approximate surface area is 113 Å². The molecule has 7 nitrogen and oxygen atoms in total. The summed E-state index contributed by atoms with van der Waals surface area (Å²) in [6, 6.07) is 0.546. The number of nitro groups is 1. The molecular formula is C12H23N5O2. The average molecular weight is 269 g/mol. The van der Waals surface area contributed by atoms with Crippen molar-refractivity contribution in [3.8, 4) is 0 Å². The first-order valence-electron chi connectivity index (χ1n) is 6.54. The summed E-state index contributed by atoms with van der Waals surface area (Å²) in [6.07, 6.45) is 3.43. The third kappa shape index (κ3) is 4.86. The average Bonchev–Trinajstić information content (AvgIpc) is 2.69. The third-order valence-electron chi connectivity index (χ3n) is 3.12. The van der Waals surface area contributed by atoms with Crippen molar-refractivity contribution in [1.82, 2.24) is 14.7 Å². The molecule has 1 aromatic rings. The van der Waals surface area contributed by atoms with Crippen LogP contribution in [-0.2, 0) is 7.05 Å². The van der Waals surface area contributed by atoms with Crippen LogP contribution in [0.2, 0.25) is 0 Å². The third-order valence-corrected chi connectivity index (χ3v) is 3.12. The van der Waals surface area contributed by atoms with Crippen molar-refractivity contribution in [1.29, 1.82) is 0 Å². The van der Waals surface area contributed by atoms with E-state index in [0.29, 0.717) is 18.4 Å². The molecule has 0 radical (unpaired) electrons. The molecule has 1 aromatic heterocycles. The predicted octanol–water partition coefficient (Wildman–Crippen LogP) is 1.86. The smallest absolute Gasteiger partial charge is 0.330 e. The zero-order chi connectivity index (χ0) is 14.4. The summed E-state index contributed by atoms with van der Waals surface area (Å²) in [6.45, 7) is 6.05. The van der Waals surface area contributed by atoms with Gasteiger partial charge in [-0.25, -0.2) is 0 Å². The Kier molecular flexibility index (Phi) is 5.75. The molecule has 0 aliphatic heterocycles. The van der Waals surface area contributed by atoms with Gasteiger partial charge in [0.1, 0.15) is 6.20 Å². The topological polar surface area (TPSA) is 76.2 Å². The van der Waals surface area contributed by atoms with Crippen LogP contribution >= 0.6 is 0 Å². The van der Waals surface area contributed by atoms with Crippen molar-refractivity contribution in [2.75, 3.05) is 25.5 Å². The first-order chi connectivity index (χ1) is 8.91. The van der Waals surface area contributed by atoms with Crippen LogP contribution in [0.3, 0.4) is 0 Å². The molecule has 0 saturated carbocycles. The maximum atomic E-state index is 10.8. The summed E-state index contributed by atoms with van der Waals surface area (Å²) >= 11 is 0. The summed E-state index contributed by atoms with van der Waals surface area (Å²) in [5.41, 5.74) is 0.0294. The Hall–Kier alpha value is -1.63. The number of aromatic nitrogens is 2. The number of rotatable bonds is 8. The fourth-order valence-corrected chi connectivity index (χ4v) is 1.69. The molecule has 19 heavy (non-hydrogen) atoms. The van der Waals surface area contributed by atoms with E-state index < -0.39 is 4.92 Å². The number of hydrogen-bond acceptors (Lipinski definition) is 5. The highest BCUT2D eigenvalue weighted by Crippen LogP contribution is 2.21. The Morgan fingerprint density at radius 3 is 2.79 bits per heavy atom. The first-order valence-corrected chi connectivity index (χ1v) is 6.54. The molecule has 0 fully saturated rings. The van der Waals surface area contributed by atoms with Crippen LogP contribution < -0.4 is 5.32 Å². The number of anilines is 1. The zero-order valence-corrected chi connectivity index (χ0v) is 12.1. The molecule has 0 atom stereocenters. The Morgan fingerprint density at radius 2 is 2.21 bits per heavy atom. The molecule has 0 amide bonds. The molecule has 0 spiro atoms. The van der Waals surface area contributed by atoms with Gasteiger partial charge in [-0.05, 0) is 40.3 Å². The SMILES string of the molecule is CC(C)N(C)CCCCNc1nn(C)cc1[N+](=O)[O-]. The van der Waals surface area contributed by atoms with Crippen LogP contribution in [0.4, 0.5) is 11.5 Å². The minimum absolute atomic E-state index is 0.0294. The predicted molar refractivity (Wildman–Crippen MR) is 75.4 cm³/mol. The molecule has 1 N–H and O–H groups in total. The number of unbranched alkanes of at least 4 members (excludes halogenated alkanes) is 1. The van der Waals surface area contributed by atoms with Gasteiger partial charge in [0.15, 0.2) is 0 Å². The minimum Gasteiger partial charge on any atom is -0.363 e. The standard InChI is InChI=1S/C12H23N5O2/c1-10(2)15(3)8-6-5-7-13-12-11(17(18)19)9-16(4)14-12/h9-10H,5-8H2,1-4H3,(H,13,14). The van der Waals surface area contributed by atoms with Gasteiger partial charge in [0.2, 0.25) is 5.82 Å². The van der Waals surface area contributed by atoms with E-state index in [1.165, 1.54) is 10.9 Å². The highest BCUT2D eigenvalue weighted by Gasteiger charge is 2.17.